The first-order valence-electron chi connectivity index (χ1n) is 6.30. The van der Waals surface area contributed by atoms with Gasteiger partial charge in [-0.3, -0.25) is 9.78 Å². The summed E-state index contributed by atoms with van der Waals surface area (Å²) in [6, 6.07) is 10.8. The number of benzene rings is 1. The molecule has 1 aromatic carbocycles. The van der Waals surface area contributed by atoms with Gasteiger partial charge in [-0.1, -0.05) is 23.7 Å². The van der Waals surface area contributed by atoms with Crippen molar-refractivity contribution >= 4 is 23.2 Å². The van der Waals surface area contributed by atoms with Crippen LogP contribution in [0.15, 0.2) is 42.6 Å². The average Bonchev–Trinajstić information content (AvgIpc) is 2.47. The SMILES string of the molecule is CNc1ccnc(C(=O)NC(C)c2ccc(Cl)cc2)c1. The number of halogens is 1. The fourth-order valence-electron chi connectivity index (χ4n) is 1.82. The maximum absolute atomic E-state index is 12.1. The van der Waals surface area contributed by atoms with E-state index in [0.717, 1.165) is 11.3 Å². The average molecular weight is 290 g/mol. The Morgan fingerprint density at radius 3 is 2.60 bits per heavy atom. The van der Waals surface area contributed by atoms with Crippen LogP contribution in [0.25, 0.3) is 0 Å². The predicted molar refractivity (Wildman–Crippen MR) is 81.1 cm³/mol. The lowest BCUT2D eigenvalue weighted by Gasteiger charge is -2.14. The van der Waals surface area contributed by atoms with E-state index in [1.807, 2.05) is 19.1 Å². The van der Waals surface area contributed by atoms with Crippen LogP contribution < -0.4 is 10.6 Å². The number of rotatable bonds is 4. The van der Waals surface area contributed by atoms with Crippen LogP contribution in [0.5, 0.6) is 0 Å². The van der Waals surface area contributed by atoms with E-state index in [-0.39, 0.29) is 11.9 Å². The van der Waals surface area contributed by atoms with E-state index in [1.54, 1.807) is 37.5 Å². The van der Waals surface area contributed by atoms with Crippen LogP contribution in [-0.2, 0) is 0 Å². The third-order valence-corrected chi connectivity index (χ3v) is 3.25. The number of nitrogens with one attached hydrogen (secondary N) is 2. The number of hydrogen-bond donors (Lipinski definition) is 2. The minimum absolute atomic E-state index is 0.111. The highest BCUT2D eigenvalue weighted by Gasteiger charge is 2.12. The van der Waals surface area contributed by atoms with E-state index in [9.17, 15) is 4.79 Å². The number of hydrogen-bond acceptors (Lipinski definition) is 3. The number of carbonyl (C=O) groups excluding carboxylic acids is 1. The van der Waals surface area contributed by atoms with E-state index in [0.29, 0.717) is 10.7 Å². The predicted octanol–water partition coefficient (Wildman–Crippen LogP) is 3.27. The Bertz CT molecular complexity index is 598. The van der Waals surface area contributed by atoms with Gasteiger partial charge in [0, 0.05) is 24.0 Å². The molecule has 20 heavy (non-hydrogen) atoms. The maximum atomic E-state index is 12.1. The largest absolute Gasteiger partial charge is 0.388 e. The Hall–Kier alpha value is -2.07. The fraction of sp³-hybridized carbons (Fsp3) is 0.200. The Morgan fingerprint density at radius 2 is 1.95 bits per heavy atom. The van der Waals surface area contributed by atoms with Gasteiger partial charge in [0.1, 0.15) is 5.69 Å². The summed E-state index contributed by atoms with van der Waals surface area (Å²) in [5, 5.41) is 6.57. The zero-order valence-electron chi connectivity index (χ0n) is 11.4. The summed E-state index contributed by atoms with van der Waals surface area (Å²) >= 11 is 5.85. The monoisotopic (exact) mass is 289 g/mol. The number of aromatic nitrogens is 1. The molecule has 2 N–H and O–H groups in total. The molecule has 0 bridgehead atoms. The van der Waals surface area contributed by atoms with Gasteiger partial charge < -0.3 is 10.6 Å². The molecule has 0 saturated carbocycles. The lowest BCUT2D eigenvalue weighted by molar-refractivity contribution is 0.0935. The molecule has 1 atom stereocenters. The molecule has 2 rings (SSSR count). The second-order valence-corrected chi connectivity index (χ2v) is 4.86. The highest BCUT2D eigenvalue weighted by atomic mass is 35.5. The third-order valence-electron chi connectivity index (χ3n) is 3.00. The third kappa shape index (κ3) is 3.48. The van der Waals surface area contributed by atoms with Crippen molar-refractivity contribution in [2.45, 2.75) is 13.0 Å². The van der Waals surface area contributed by atoms with Crippen molar-refractivity contribution in [3.63, 3.8) is 0 Å². The van der Waals surface area contributed by atoms with Crippen molar-refractivity contribution in [3.05, 3.63) is 58.9 Å². The molecule has 0 spiro atoms. The molecule has 2 aromatic rings. The van der Waals surface area contributed by atoms with E-state index in [4.69, 9.17) is 11.6 Å². The van der Waals surface area contributed by atoms with Crippen LogP contribution in [-0.4, -0.2) is 17.9 Å². The summed E-state index contributed by atoms with van der Waals surface area (Å²) in [5.41, 5.74) is 2.23. The van der Waals surface area contributed by atoms with Gasteiger partial charge in [-0.05, 0) is 36.8 Å². The Kier molecular flexibility index (Phi) is 4.58. The standard InChI is InChI=1S/C15H16ClN3O/c1-10(11-3-5-12(16)6-4-11)19-15(20)14-9-13(17-2)7-8-18-14/h3-10H,1-2H3,(H,17,18)(H,19,20). The topological polar surface area (TPSA) is 54.0 Å². The second-order valence-electron chi connectivity index (χ2n) is 4.43. The Morgan fingerprint density at radius 1 is 1.25 bits per heavy atom. The molecule has 0 radical (unpaired) electrons. The quantitative estimate of drug-likeness (QED) is 0.908. The van der Waals surface area contributed by atoms with Gasteiger partial charge in [-0.15, -0.1) is 0 Å². The van der Waals surface area contributed by atoms with Gasteiger partial charge >= 0.3 is 0 Å². The smallest absolute Gasteiger partial charge is 0.270 e. The molecule has 4 nitrogen and oxygen atoms in total. The summed E-state index contributed by atoms with van der Waals surface area (Å²) in [5.74, 6) is -0.204. The molecule has 0 fully saturated rings. The molecule has 0 saturated heterocycles. The van der Waals surface area contributed by atoms with Crippen molar-refractivity contribution in [2.75, 3.05) is 12.4 Å². The fourth-order valence-corrected chi connectivity index (χ4v) is 1.94. The maximum Gasteiger partial charge on any atom is 0.270 e. The van der Waals surface area contributed by atoms with Crippen molar-refractivity contribution in [1.29, 1.82) is 0 Å². The number of pyridine rings is 1. The summed E-state index contributed by atoms with van der Waals surface area (Å²) in [4.78, 5) is 16.2. The number of amides is 1. The van der Waals surface area contributed by atoms with Crippen LogP contribution in [0.1, 0.15) is 29.0 Å². The molecular formula is C15H16ClN3O. The van der Waals surface area contributed by atoms with Gasteiger partial charge in [0.15, 0.2) is 0 Å². The van der Waals surface area contributed by atoms with E-state index < -0.39 is 0 Å². The van der Waals surface area contributed by atoms with Gasteiger partial charge in [0.05, 0.1) is 6.04 Å². The number of nitrogens with zero attached hydrogens (tertiary/aromatic N) is 1. The lowest BCUT2D eigenvalue weighted by Crippen LogP contribution is -2.27. The number of anilines is 1. The molecule has 104 valence electrons. The Balaban J connectivity index is 2.08. The van der Waals surface area contributed by atoms with Crippen molar-refractivity contribution in [1.82, 2.24) is 10.3 Å². The summed E-state index contributed by atoms with van der Waals surface area (Å²) in [6.45, 7) is 1.92. The normalized spacial score (nSPS) is 11.8. The minimum atomic E-state index is -0.204. The van der Waals surface area contributed by atoms with Crippen molar-refractivity contribution < 1.29 is 4.79 Å². The summed E-state index contributed by atoms with van der Waals surface area (Å²) in [7, 11) is 1.80. The highest BCUT2D eigenvalue weighted by Crippen LogP contribution is 2.16. The van der Waals surface area contributed by atoms with E-state index in [2.05, 4.69) is 15.6 Å². The van der Waals surface area contributed by atoms with Gasteiger partial charge in [-0.25, -0.2) is 0 Å². The summed E-state index contributed by atoms with van der Waals surface area (Å²) < 4.78 is 0. The van der Waals surface area contributed by atoms with E-state index >= 15 is 0 Å². The first-order valence-corrected chi connectivity index (χ1v) is 6.68. The van der Waals surface area contributed by atoms with Gasteiger partial charge in [-0.2, -0.15) is 0 Å². The molecule has 1 heterocycles. The molecule has 0 aliphatic carbocycles. The molecule has 0 aliphatic rings. The zero-order chi connectivity index (χ0) is 14.5. The Labute approximate surface area is 123 Å². The second kappa shape index (κ2) is 6.39. The molecular weight excluding hydrogens is 274 g/mol. The van der Waals surface area contributed by atoms with Crippen LogP contribution in [0, 0.1) is 0 Å². The van der Waals surface area contributed by atoms with Crippen molar-refractivity contribution in [3.8, 4) is 0 Å². The molecule has 1 unspecified atom stereocenters. The molecule has 1 amide bonds. The molecule has 5 heteroatoms. The summed E-state index contributed by atoms with van der Waals surface area (Å²) in [6.07, 6.45) is 1.60. The van der Waals surface area contributed by atoms with Gasteiger partial charge in [0.2, 0.25) is 0 Å². The van der Waals surface area contributed by atoms with Crippen molar-refractivity contribution in [2.24, 2.45) is 0 Å². The first kappa shape index (κ1) is 14.3. The number of carbonyl (C=O) groups is 1. The zero-order valence-corrected chi connectivity index (χ0v) is 12.1. The highest BCUT2D eigenvalue weighted by molar-refractivity contribution is 6.30. The minimum Gasteiger partial charge on any atom is -0.388 e. The van der Waals surface area contributed by atoms with Crippen LogP contribution in [0.2, 0.25) is 5.02 Å². The van der Waals surface area contributed by atoms with E-state index in [1.165, 1.54) is 0 Å². The first-order chi connectivity index (χ1) is 9.60. The molecule has 1 aromatic heterocycles. The van der Waals surface area contributed by atoms with Gasteiger partial charge in [0.25, 0.3) is 5.91 Å². The van der Waals surface area contributed by atoms with Crippen LogP contribution in [0.3, 0.4) is 0 Å². The molecule has 0 aliphatic heterocycles. The lowest BCUT2D eigenvalue weighted by atomic mass is 10.1. The van der Waals surface area contributed by atoms with Crippen LogP contribution >= 0.6 is 11.6 Å². The van der Waals surface area contributed by atoms with Crippen LogP contribution in [0.4, 0.5) is 5.69 Å².